The van der Waals surface area contributed by atoms with Crippen molar-refractivity contribution in [1.29, 1.82) is 0 Å². The second-order valence-electron chi connectivity index (χ2n) is 13.2. The minimum Gasteiger partial charge on any atom is -0.462 e. The number of ether oxygens (including phenoxy) is 1. The first-order valence-electron chi connectivity index (χ1n) is 15.6. The van der Waals surface area contributed by atoms with E-state index in [9.17, 15) is 36.7 Å². The van der Waals surface area contributed by atoms with Crippen molar-refractivity contribution in [3.05, 3.63) is 30.3 Å². The van der Waals surface area contributed by atoms with Crippen LogP contribution in [0.5, 0.6) is 5.75 Å². The molecule has 10 N–H and O–H groups in total. The Morgan fingerprint density at radius 1 is 0.600 bits per heavy atom. The molecular weight excluding hydrogens is 883 g/mol. The number of carbonyl (C=O) groups excluding carboxylic acids is 1. The van der Waals surface area contributed by atoms with Crippen LogP contribution in [0.15, 0.2) is 30.3 Å². The van der Waals surface area contributed by atoms with Crippen LogP contribution in [0.3, 0.4) is 0 Å². The molecule has 23 nitrogen and oxygen atoms in total. The first-order valence-corrected chi connectivity index (χ1v) is 26.8. The molecule has 0 aromatic heterocycles. The summed E-state index contributed by atoms with van der Waals surface area (Å²) in [5, 5.41) is 1.91. The van der Waals surface area contributed by atoms with Crippen LogP contribution >= 0.6 is 53.8 Å². The van der Waals surface area contributed by atoms with Gasteiger partial charge in [0.15, 0.2) is 0 Å². The van der Waals surface area contributed by atoms with Crippen LogP contribution in [0.25, 0.3) is 0 Å². The van der Waals surface area contributed by atoms with E-state index < -0.39 is 82.3 Å². The van der Waals surface area contributed by atoms with Crippen molar-refractivity contribution in [3.63, 3.8) is 0 Å². The van der Waals surface area contributed by atoms with E-state index in [4.69, 9.17) is 53.3 Å². The monoisotopic (exact) mass is 939 g/mol. The summed E-state index contributed by atoms with van der Waals surface area (Å²) in [6.45, 7) is 18.4. The number of nitrogens with one attached hydrogen (secondary N) is 1. The van der Waals surface area contributed by atoms with Crippen LogP contribution in [0.2, 0.25) is 0 Å². The van der Waals surface area contributed by atoms with Crippen molar-refractivity contribution in [1.82, 2.24) is 5.09 Å². The van der Waals surface area contributed by atoms with E-state index in [0.29, 0.717) is 5.75 Å². The van der Waals surface area contributed by atoms with Gasteiger partial charge in [-0.2, -0.15) is 4.31 Å². The van der Waals surface area contributed by atoms with Crippen molar-refractivity contribution in [2.24, 2.45) is 0 Å². The molecule has 0 spiro atoms. The second kappa shape index (κ2) is 23.4. The lowest BCUT2D eigenvalue weighted by Crippen LogP contribution is -2.37. The van der Waals surface area contributed by atoms with E-state index in [1.54, 1.807) is 58.9 Å². The number of para-hydroxylation sites is 1. The van der Waals surface area contributed by atoms with E-state index in [2.05, 4.69) is 18.0 Å². The predicted octanol–water partition coefficient (Wildman–Crippen LogP) is 6.06. The molecule has 30 heteroatoms. The number of benzene rings is 1. The number of hydrogen-bond acceptors (Lipinski definition) is 13. The van der Waals surface area contributed by atoms with Gasteiger partial charge in [0.05, 0.1) is 28.2 Å². The molecule has 0 aliphatic heterocycles. The lowest BCUT2D eigenvalue weighted by atomic mass is 10.3. The Labute approximate surface area is 320 Å². The molecule has 0 aliphatic carbocycles. The maximum Gasteiger partial charge on any atom is 0.488 e. The highest BCUT2D eigenvalue weighted by Gasteiger charge is 2.41. The third-order valence-electron chi connectivity index (χ3n) is 5.58. The average molecular weight is 940 g/mol. The summed E-state index contributed by atoms with van der Waals surface area (Å²) in [6.07, 6.45) is -0.213. The van der Waals surface area contributed by atoms with Gasteiger partial charge in [-0.25, -0.2) is 27.4 Å². The Bertz CT molecular complexity index is 1660. The Morgan fingerprint density at radius 2 is 0.964 bits per heavy atom. The van der Waals surface area contributed by atoms with E-state index in [1.165, 1.54) is 48.5 Å². The summed E-state index contributed by atoms with van der Waals surface area (Å²) in [6, 6.07) is 8.21. The SMILES string of the molecule is CC(C)(C)P(=O)(O)O.CC(C)OC(=O)[C@H](C)NP(=O)(Oc1ccccc1)C(C)C.CC(C)P(=O)(O)OP(=O)(O)O.CC(C)P(=O)(O)OP(=O)(O)OP(=O)(O)O. The third-order valence-corrected chi connectivity index (χ3v) is 17.7. The Morgan fingerprint density at radius 3 is 1.24 bits per heavy atom. The molecule has 1 rings (SSSR count). The fourth-order valence-electron chi connectivity index (χ4n) is 2.21. The Hall–Kier alpha value is -0.420. The average Bonchev–Trinajstić information content (AvgIpc) is 2.89. The highest BCUT2D eigenvalue weighted by atomic mass is 31.3. The molecule has 328 valence electrons. The first kappa shape index (κ1) is 58.9. The van der Waals surface area contributed by atoms with Crippen LogP contribution in [-0.4, -0.2) is 84.3 Å². The van der Waals surface area contributed by atoms with Crippen LogP contribution < -0.4 is 9.61 Å². The van der Waals surface area contributed by atoms with Crippen LogP contribution in [0.1, 0.15) is 83.1 Å². The standard InChI is InChI=1S/C15H24NO4P.C4H11O3P.C3H11O9P3.C3H10O6P2/c1-11(2)19-15(17)13(5)16-21(18,12(3)4)20-14-9-7-6-8-10-14;1-4(2,3)8(5,6)7;1-3(2)13(4,5)11-15(9,10)12-14(6,7)8;1-3(2)10(4,5)9-11(6,7)8/h6-13H,1-5H3,(H,16,18);1-3H3,(H2,5,6,7);3H,1-2H3,(H,4,5)(H,9,10)(H2,6,7,8);3H,1-2H3,(H,4,5)(H2,6,7,8)/t13-,21?;;;/m0.../s1. The highest BCUT2D eigenvalue weighted by Crippen LogP contribution is 2.67. The highest BCUT2D eigenvalue weighted by molar-refractivity contribution is 7.68. The lowest BCUT2D eigenvalue weighted by molar-refractivity contribution is -0.149. The molecule has 55 heavy (non-hydrogen) atoms. The maximum atomic E-state index is 12.9. The Kier molecular flexibility index (Phi) is 25.0. The molecule has 0 saturated carbocycles. The van der Waals surface area contributed by atoms with Gasteiger partial charge >= 0.3 is 59.7 Å². The van der Waals surface area contributed by atoms with Crippen molar-refractivity contribution in [2.75, 3.05) is 0 Å². The van der Waals surface area contributed by atoms with Gasteiger partial charge in [0.2, 0.25) is 0 Å². The summed E-state index contributed by atoms with van der Waals surface area (Å²) in [4.78, 5) is 88.0. The van der Waals surface area contributed by atoms with Gasteiger partial charge in [-0.15, -0.1) is 0 Å². The second-order valence-corrected chi connectivity index (χ2v) is 27.4. The van der Waals surface area contributed by atoms with Gasteiger partial charge in [0.25, 0.3) is 0 Å². The molecule has 0 bridgehead atoms. The number of hydrogen-bond donors (Lipinski definition) is 10. The van der Waals surface area contributed by atoms with Crippen LogP contribution in [0.4, 0.5) is 0 Å². The summed E-state index contributed by atoms with van der Waals surface area (Å²) >= 11 is 0. The zero-order valence-electron chi connectivity index (χ0n) is 32.2. The molecule has 4 unspecified atom stereocenters. The molecule has 1 aromatic rings. The summed E-state index contributed by atoms with van der Waals surface area (Å²) in [5.74, 6) is 0.0639. The minimum absolute atomic E-state index is 0.213. The van der Waals surface area contributed by atoms with Gasteiger partial charge in [0, 0.05) is 0 Å². The fraction of sp³-hybridized carbons (Fsp3) is 0.720. The van der Waals surface area contributed by atoms with Crippen LogP contribution in [0, 0.1) is 0 Å². The maximum absolute atomic E-state index is 12.9. The molecule has 5 atom stereocenters. The van der Waals surface area contributed by atoms with Gasteiger partial charge < -0.3 is 53.3 Å². The fourth-order valence-corrected chi connectivity index (χ4v) is 9.23. The van der Waals surface area contributed by atoms with E-state index in [1.807, 2.05) is 6.07 Å². The molecule has 0 amide bonds. The summed E-state index contributed by atoms with van der Waals surface area (Å²) in [7, 11) is -31.1. The molecule has 0 radical (unpaired) electrons. The zero-order valence-corrected chi connectivity index (χ0v) is 38.5. The number of esters is 1. The minimum atomic E-state index is -5.27. The molecule has 1 aromatic carbocycles. The zero-order chi connectivity index (χ0) is 44.8. The van der Waals surface area contributed by atoms with E-state index in [-0.39, 0.29) is 11.8 Å². The predicted molar refractivity (Wildman–Crippen MR) is 203 cm³/mol. The van der Waals surface area contributed by atoms with Crippen LogP contribution in [-0.2, 0) is 54.4 Å². The number of phosphoric acid groups is 3. The van der Waals surface area contributed by atoms with Gasteiger partial charge in [0.1, 0.15) is 11.8 Å². The molecule has 0 saturated heterocycles. The van der Waals surface area contributed by atoms with Gasteiger partial charge in [-0.05, 0) is 53.7 Å². The van der Waals surface area contributed by atoms with E-state index in [0.717, 1.165) is 0 Å². The smallest absolute Gasteiger partial charge is 0.462 e. The van der Waals surface area contributed by atoms with Gasteiger partial charge in [-0.1, -0.05) is 59.7 Å². The summed E-state index contributed by atoms with van der Waals surface area (Å²) in [5.41, 5.74) is -2.11. The van der Waals surface area contributed by atoms with Gasteiger partial charge in [-0.3, -0.25) is 23.1 Å². The number of rotatable bonds is 15. The van der Waals surface area contributed by atoms with Crippen molar-refractivity contribution in [3.8, 4) is 5.75 Å². The lowest BCUT2D eigenvalue weighted by Gasteiger charge is -2.26. The topological polar surface area (TPSA) is 377 Å². The quantitative estimate of drug-likeness (QED) is 0.0706. The molecular formula is C25H56NO22P7. The Balaban J connectivity index is -0.000000699. The summed E-state index contributed by atoms with van der Waals surface area (Å²) < 4.78 is 97.8. The number of carbonyl (C=O) groups is 1. The third kappa shape index (κ3) is 28.6. The van der Waals surface area contributed by atoms with Crippen molar-refractivity contribution >= 4 is 59.7 Å². The molecule has 0 aliphatic rings. The molecule has 0 heterocycles. The van der Waals surface area contributed by atoms with Crippen molar-refractivity contribution < 1.29 is 103 Å². The largest absolute Gasteiger partial charge is 0.488 e. The van der Waals surface area contributed by atoms with Crippen molar-refractivity contribution in [2.45, 2.75) is 117 Å². The first-order chi connectivity index (χ1) is 24.0. The normalized spacial score (nSPS) is 17.4. The molecule has 0 fully saturated rings. The van der Waals surface area contributed by atoms with E-state index >= 15 is 0 Å².